The summed E-state index contributed by atoms with van der Waals surface area (Å²) in [6.45, 7) is 3.45. The SMILES string of the molecule is Cc1cc(-c2cn(-c3ccc(NS(=O)(=O)CCO)cc3N3CCC4(CC4)C3)nn2)nc(N2CCC(F)(F)CC2)n1. The van der Waals surface area contributed by atoms with Crippen LogP contribution in [0.15, 0.2) is 30.5 Å². The summed E-state index contributed by atoms with van der Waals surface area (Å²) in [6, 6.07) is 7.05. The van der Waals surface area contributed by atoms with Crippen LogP contribution < -0.4 is 14.5 Å². The molecular formula is C26H32F2N8O3S. The van der Waals surface area contributed by atoms with E-state index in [1.165, 1.54) is 12.8 Å². The summed E-state index contributed by atoms with van der Waals surface area (Å²) >= 11 is 0. The van der Waals surface area contributed by atoms with Crippen molar-refractivity contribution in [3.63, 3.8) is 0 Å². The zero-order valence-electron chi connectivity index (χ0n) is 22.2. The largest absolute Gasteiger partial charge is 0.395 e. The standard InChI is InChI=1S/C26H32F2N8O3S/c1-18-14-20(30-24(29-18)34-10-7-26(27,28)8-11-34)21-16-36(33-31-21)22-3-2-19(32-40(38,39)13-12-37)15-23(22)35-9-6-25(17-35)4-5-25/h2-3,14-16,32,37H,4-13,17H2,1H3. The minimum atomic E-state index is -3.68. The predicted molar refractivity (Wildman–Crippen MR) is 147 cm³/mol. The van der Waals surface area contributed by atoms with Crippen LogP contribution in [0.1, 0.15) is 37.8 Å². The van der Waals surface area contributed by atoms with E-state index in [-0.39, 0.29) is 31.7 Å². The molecule has 1 spiro atoms. The highest BCUT2D eigenvalue weighted by Crippen LogP contribution is 2.54. The molecule has 1 aliphatic carbocycles. The summed E-state index contributed by atoms with van der Waals surface area (Å²) in [4.78, 5) is 13.1. The van der Waals surface area contributed by atoms with Crippen LogP contribution in [0.25, 0.3) is 17.1 Å². The van der Waals surface area contributed by atoms with Gasteiger partial charge in [-0.25, -0.2) is 31.8 Å². The Morgan fingerprint density at radius 2 is 1.73 bits per heavy atom. The van der Waals surface area contributed by atoms with Crippen LogP contribution in [0.4, 0.5) is 26.1 Å². The molecule has 2 N–H and O–H groups in total. The van der Waals surface area contributed by atoms with Gasteiger partial charge in [-0.05, 0) is 55.9 Å². The fraction of sp³-hybridized carbons (Fsp3) is 0.538. The fourth-order valence-electron chi connectivity index (χ4n) is 5.47. The van der Waals surface area contributed by atoms with Crippen LogP contribution >= 0.6 is 0 Å². The molecule has 2 saturated heterocycles. The Hall–Kier alpha value is -3.39. The maximum absolute atomic E-state index is 13.7. The zero-order valence-corrected chi connectivity index (χ0v) is 23.0. The van der Waals surface area contributed by atoms with Crippen LogP contribution in [0.2, 0.25) is 0 Å². The lowest BCUT2D eigenvalue weighted by Crippen LogP contribution is -2.40. The number of nitrogens with one attached hydrogen (secondary N) is 1. The van der Waals surface area contributed by atoms with Crippen LogP contribution in [0.5, 0.6) is 0 Å². The van der Waals surface area contributed by atoms with E-state index in [0.717, 1.165) is 30.9 Å². The highest BCUT2D eigenvalue weighted by molar-refractivity contribution is 7.92. The second-order valence-corrected chi connectivity index (χ2v) is 12.9. The van der Waals surface area contributed by atoms with E-state index in [1.807, 2.05) is 6.92 Å². The van der Waals surface area contributed by atoms with Crippen molar-refractivity contribution in [2.24, 2.45) is 5.41 Å². The maximum Gasteiger partial charge on any atom is 0.251 e. The molecule has 0 bridgehead atoms. The Balaban J connectivity index is 1.31. The molecule has 3 fully saturated rings. The molecule has 2 aliphatic heterocycles. The number of aliphatic hydroxyl groups is 1. The lowest BCUT2D eigenvalue weighted by Gasteiger charge is -2.31. The quantitative estimate of drug-likeness (QED) is 0.417. The van der Waals surface area contributed by atoms with E-state index >= 15 is 0 Å². The summed E-state index contributed by atoms with van der Waals surface area (Å²) in [5.74, 6) is -2.65. The third-order valence-corrected chi connectivity index (χ3v) is 9.23. The predicted octanol–water partition coefficient (Wildman–Crippen LogP) is 2.99. The number of hydrogen-bond acceptors (Lipinski definition) is 9. The Bertz CT molecular complexity index is 1520. The van der Waals surface area contributed by atoms with Gasteiger partial charge in [0.15, 0.2) is 0 Å². The van der Waals surface area contributed by atoms with Crippen molar-refractivity contribution < 1.29 is 22.3 Å². The third-order valence-electron chi connectivity index (χ3n) is 7.97. The van der Waals surface area contributed by atoms with Gasteiger partial charge in [-0.1, -0.05) is 5.21 Å². The molecular weight excluding hydrogens is 542 g/mol. The van der Waals surface area contributed by atoms with Gasteiger partial charge in [0.2, 0.25) is 16.0 Å². The molecule has 1 aromatic carbocycles. The maximum atomic E-state index is 13.7. The van der Waals surface area contributed by atoms with Crippen LogP contribution in [-0.4, -0.2) is 82.9 Å². The first-order chi connectivity index (χ1) is 19.0. The van der Waals surface area contributed by atoms with Crippen molar-refractivity contribution in [2.45, 2.75) is 45.0 Å². The number of hydrogen-bond donors (Lipinski definition) is 2. The van der Waals surface area contributed by atoms with E-state index in [9.17, 15) is 17.2 Å². The number of piperidine rings is 1. The number of alkyl halides is 2. The molecule has 0 radical (unpaired) electrons. The fourth-order valence-corrected chi connectivity index (χ4v) is 6.30. The second-order valence-electron chi connectivity index (χ2n) is 11.1. The molecule has 40 heavy (non-hydrogen) atoms. The number of aromatic nitrogens is 5. The van der Waals surface area contributed by atoms with Gasteiger partial charge in [0.25, 0.3) is 5.92 Å². The molecule has 0 amide bonds. The third kappa shape index (κ3) is 5.59. The van der Waals surface area contributed by atoms with Crippen molar-refractivity contribution in [3.05, 3.63) is 36.2 Å². The lowest BCUT2D eigenvalue weighted by molar-refractivity contribution is -0.0222. The number of sulfonamides is 1. The first kappa shape index (κ1) is 26.8. The second kappa shape index (κ2) is 9.91. The van der Waals surface area contributed by atoms with Gasteiger partial charge in [-0.3, -0.25) is 4.72 Å². The minimum Gasteiger partial charge on any atom is -0.395 e. The van der Waals surface area contributed by atoms with E-state index in [0.29, 0.717) is 34.1 Å². The number of halogens is 2. The Morgan fingerprint density at radius 1 is 0.975 bits per heavy atom. The molecule has 3 aliphatic rings. The number of aryl methyl sites for hydroxylation is 1. The van der Waals surface area contributed by atoms with E-state index in [1.54, 1.807) is 40.0 Å². The van der Waals surface area contributed by atoms with Crippen LogP contribution in [0.3, 0.4) is 0 Å². The number of benzene rings is 1. The minimum absolute atomic E-state index is 0.178. The van der Waals surface area contributed by atoms with Gasteiger partial charge in [0.1, 0.15) is 5.69 Å². The Morgan fingerprint density at radius 3 is 2.42 bits per heavy atom. The Kier molecular flexibility index (Phi) is 6.64. The van der Waals surface area contributed by atoms with Gasteiger partial charge in [0.05, 0.1) is 41.3 Å². The van der Waals surface area contributed by atoms with Gasteiger partial charge in [-0.15, -0.1) is 5.10 Å². The van der Waals surface area contributed by atoms with Crippen LogP contribution in [-0.2, 0) is 10.0 Å². The number of rotatable bonds is 8. The zero-order chi connectivity index (χ0) is 28.1. The Labute approximate surface area is 231 Å². The first-order valence-electron chi connectivity index (χ1n) is 13.5. The number of aliphatic hydroxyl groups excluding tert-OH is 1. The highest BCUT2D eigenvalue weighted by Gasteiger charge is 2.48. The van der Waals surface area contributed by atoms with Crippen molar-refractivity contribution in [3.8, 4) is 17.1 Å². The topological polar surface area (TPSA) is 129 Å². The summed E-state index contributed by atoms with van der Waals surface area (Å²) in [5.41, 5.74) is 4.06. The van der Waals surface area contributed by atoms with Gasteiger partial charge < -0.3 is 14.9 Å². The van der Waals surface area contributed by atoms with Crippen LogP contribution in [0, 0.1) is 12.3 Å². The van der Waals surface area contributed by atoms with E-state index in [2.05, 4.69) is 29.9 Å². The molecule has 6 rings (SSSR count). The van der Waals surface area contributed by atoms with E-state index < -0.39 is 22.6 Å². The summed E-state index contributed by atoms with van der Waals surface area (Å²) in [6.07, 6.45) is 4.76. The molecule has 2 aromatic heterocycles. The van der Waals surface area contributed by atoms with E-state index in [4.69, 9.17) is 5.11 Å². The van der Waals surface area contributed by atoms with Gasteiger partial charge in [-0.2, -0.15) is 0 Å². The van der Waals surface area contributed by atoms with Crippen molar-refractivity contribution in [1.82, 2.24) is 25.0 Å². The molecule has 14 heteroatoms. The average Bonchev–Trinajstić information content (AvgIpc) is 3.28. The average molecular weight is 575 g/mol. The summed E-state index contributed by atoms with van der Waals surface area (Å²) < 4.78 is 56.1. The monoisotopic (exact) mass is 574 g/mol. The van der Waals surface area contributed by atoms with Crippen molar-refractivity contribution in [1.29, 1.82) is 0 Å². The smallest absolute Gasteiger partial charge is 0.251 e. The molecule has 0 atom stereocenters. The van der Waals surface area contributed by atoms with Crippen molar-refractivity contribution >= 4 is 27.3 Å². The first-order valence-corrected chi connectivity index (χ1v) is 15.1. The van der Waals surface area contributed by atoms with Gasteiger partial charge in [0, 0.05) is 44.7 Å². The van der Waals surface area contributed by atoms with Gasteiger partial charge >= 0.3 is 0 Å². The molecule has 214 valence electrons. The summed E-state index contributed by atoms with van der Waals surface area (Å²) in [5, 5.41) is 17.8. The molecule has 11 nitrogen and oxygen atoms in total. The number of anilines is 3. The van der Waals surface area contributed by atoms with Crippen molar-refractivity contribution in [2.75, 3.05) is 53.1 Å². The lowest BCUT2D eigenvalue weighted by atomic mass is 10.1. The highest BCUT2D eigenvalue weighted by atomic mass is 32.2. The normalized spacial score (nSPS) is 19.8. The molecule has 1 saturated carbocycles. The number of nitrogens with zero attached hydrogens (tertiary/aromatic N) is 7. The molecule has 0 unspecified atom stereocenters. The molecule has 3 aromatic rings. The summed E-state index contributed by atoms with van der Waals surface area (Å²) in [7, 11) is -3.68. The molecule has 4 heterocycles.